The summed E-state index contributed by atoms with van der Waals surface area (Å²) in [5.74, 6) is 0.915. The Bertz CT molecular complexity index is 787. The van der Waals surface area contributed by atoms with Gasteiger partial charge in [0, 0.05) is 25.6 Å². The molecule has 3 aliphatic rings. The van der Waals surface area contributed by atoms with E-state index in [2.05, 4.69) is 19.1 Å². The van der Waals surface area contributed by atoms with E-state index in [0.29, 0.717) is 23.7 Å². The van der Waals surface area contributed by atoms with Crippen LogP contribution in [0.3, 0.4) is 0 Å². The monoisotopic (exact) mass is 368 g/mol. The van der Waals surface area contributed by atoms with Crippen molar-refractivity contribution in [1.29, 1.82) is 0 Å². The largest absolute Gasteiger partial charge is 0.430 e. The number of ether oxygens (including phenoxy) is 2. The van der Waals surface area contributed by atoms with Gasteiger partial charge >= 0.3 is 5.97 Å². The van der Waals surface area contributed by atoms with Gasteiger partial charge < -0.3 is 9.47 Å². The molecule has 4 nitrogen and oxygen atoms in total. The Morgan fingerprint density at radius 1 is 1.15 bits per heavy atom. The number of hydrogen-bond acceptors (Lipinski definition) is 4. The maximum Gasteiger partial charge on any atom is 0.314 e. The van der Waals surface area contributed by atoms with E-state index < -0.39 is 0 Å². The normalized spacial score (nSPS) is 25.4. The van der Waals surface area contributed by atoms with Crippen LogP contribution in [-0.4, -0.2) is 25.0 Å². The quantitative estimate of drug-likeness (QED) is 0.728. The van der Waals surface area contributed by atoms with Crippen LogP contribution in [0, 0.1) is 38.5 Å². The number of ketones is 1. The van der Waals surface area contributed by atoms with Gasteiger partial charge in [0.25, 0.3) is 0 Å². The van der Waals surface area contributed by atoms with Crippen LogP contribution in [0.2, 0.25) is 0 Å². The van der Waals surface area contributed by atoms with E-state index in [1.165, 1.54) is 5.56 Å². The second-order valence-corrected chi connectivity index (χ2v) is 8.50. The predicted molar refractivity (Wildman–Crippen MR) is 103 cm³/mol. The topological polar surface area (TPSA) is 52.6 Å². The Kier molecular flexibility index (Phi) is 4.94. The highest BCUT2D eigenvalue weighted by Gasteiger charge is 2.40. The number of benzene rings is 1. The van der Waals surface area contributed by atoms with Crippen LogP contribution < -0.4 is 0 Å². The van der Waals surface area contributed by atoms with Gasteiger partial charge in [-0.3, -0.25) is 9.59 Å². The fourth-order valence-corrected chi connectivity index (χ4v) is 4.58. The number of carbonyl (C=O) groups is 2. The van der Waals surface area contributed by atoms with E-state index in [9.17, 15) is 9.59 Å². The predicted octanol–water partition coefficient (Wildman–Crippen LogP) is 4.29. The number of rotatable bonds is 5. The van der Waals surface area contributed by atoms with E-state index in [4.69, 9.17) is 9.47 Å². The SMILES string of the molecule is Cc1cc(C)c(C2=C(OC(=O)C3CC3)CC(CC3CCOC3)C2=O)c(C)c1. The molecule has 0 radical (unpaired) electrons. The first-order chi connectivity index (χ1) is 12.9. The van der Waals surface area contributed by atoms with Crippen molar-refractivity contribution in [3.63, 3.8) is 0 Å². The standard InChI is InChI=1S/C23H28O4/c1-13-8-14(2)20(15(3)9-13)21-19(27-23(25)17-4-5-17)11-18(22(21)24)10-16-6-7-26-12-16/h8-9,16-18H,4-7,10-12H2,1-3H3. The third kappa shape index (κ3) is 3.73. The van der Waals surface area contributed by atoms with Crippen molar-refractivity contribution in [2.45, 2.75) is 52.9 Å². The molecular weight excluding hydrogens is 340 g/mol. The molecule has 1 aliphatic heterocycles. The summed E-state index contributed by atoms with van der Waals surface area (Å²) in [6.07, 6.45) is 4.17. The van der Waals surface area contributed by atoms with E-state index in [-0.39, 0.29) is 23.6 Å². The van der Waals surface area contributed by atoms with Crippen molar-refractivity contribution in [3.8, 4) is 0 Å². The summed E-state index contributed by atoms with van der Waals surface area (Å²) in [4.78, 5) is 25.7. The van der Waals surface area contributed by atoms with E-state index in [1.807, 2.05) is 13.8 Å². The Balaban J connectivity index is 1.67. The molecule has 4 rings (SSSR count). The van der Waals surface area contributed by atoms with Crippen molar-refractivity contribution in [2.24, 2.45) is 17.8 Å². The van der Waals surface area contributed by atoms with Crippen LogP contribution >= 0.6 is 0 Å². The minimum Gasteiger partial charge on any atom is -0.430 e. The molecule has 0 spiro atoms. The highest BCUT2D eigenvalue weighted by atomic mass is 16.5. The summed E-state index contributed by atoms with van der Waals surface area (Å²) < 4.78 is 11.3. The molecule has 1 aromatic carbocycles. The molecule has 1 saturated heterocycles. The Morgan fingerprint density at radius 2 is 1.85 bits per heavy atom. The first-order valence-electron chi connectivity index (χ1n) is 10.1. The number of aryl methyl sites for hydroxylation is 3. The van der Waals surface area contributed by atoms with Gasteiger partial charge in [-0.25, -0.2) is 0 Å². The molecular formula is C23H28O4. The Labute approximate surface area is 160 Å². The highest BCUT2D eigenvalue weighted by Crippen LogP contribution is 2.43. The number of Topliss-reactive ketones (excluding diaryl/α,β-unsaturated/α-hetero) is 1. The first kappa shape index (κ1) is 18.4. The lowest BCUT2D eigenvalue weighted by atomic mass is 9.87. The third-order valence-corrected chi connectivity index (χ3v) is 6.03. The molecule has 144 valence electrons. The van der Waals surface area contributed by atoms with Crippen LogP contribution in [0.1, 0.15) is 54.4 Å². The molecule has 2 aliphatic carbocycles. The van der Waals surface area contributed by atoms with Crippen molar-refractivity contribution >= 4 is 17.3 Å². The van der Waals surface area contributed by atoms with Gasteiger partial charge in [-0.2, -0.15) is 0 Å². The second-order valence-electron chi connectivity index (χ2n) is 8.50. The summed E-state index contributed by atoms with van der Waals surface area (Å²) in [6, 6.07) is 4.20. The van der Waals surface area contributed by atoms with Crippen LogP contribution in [0.4, 0.5) is 0 Å². The Hall–Kier alpha value is -1.94. The van der Waals surface area contributed by atoms with E-state index in [0.717, 1.165) is 55.6 Å². The summed E-state index contributed by atoms with van der Waals surface area (Å²) >= 11 is 0. The summed E-state index contributed by atoms with van der Waals surface area (Å²) in [7, 11) is 0. The average Bonchev–Trinajstić information content (AvgIpc) is 3.26. The van der Waals surface area contributed by atoms with Gasteiger partial charge in [-0.05, 0) is 69.1 Å². The fourth-order valence-electron chi connectivity index (χ4n) is 4.58. The number of carbonyl (C=O) groups excluding carboxylic acids is 2. The molecule has 2 fully saturated rings. The van der Waals surface area contributed by atoms with Gasteiger partial charge in [0.2, 0.25) is 0 Å². The van der Waals surface area contributed by atoms with Crippen molar-refractivity contribution < 1.29 is 19.1 Å². The van der Waals surface area contributed by atoms with Gasteiger partial charge in [0.05, 0.1) is 11.5 Å². The second kappa shape index (κ2) is 7.23. The molecule has 1 heterocycles. The van der Waals surface area contributed by atoms with Crippen molar-refractivity contribution in [1.82, 2.24) is 0 Å². The van der Waals surface area contributed by atoms with E-state index in [1.54, 1.807) is 0 Å². The zero-order valence-corrected chi connectivity index (χ0v) is 16.5. The third-order valence-electron chi connectivity index (χ3n) is 6.03. The lowest BCUT2D eigenvalue weighted by Gasteiger charge is -2.15. The van der Waals surface area contributed by atoms with Crippen LogP contribution in [0.15, 0.2) is 17.9 Å². The lowest BCUT2D eigenvalue weighted by molar-refractivity contribution is -0.141. The molecule has 2 atom stereocenters. The van der Waals surface area contributed by atoms with Gasteiger partial charge in [0.1, 0.15) is 5.76 Å². The number of esters is 1. The smallest absolute Gasteiger partial charge is 0.314 e. The van der Waals surface area contributed by atoms with Gasteiger partial charge in [0.15, 0.2) is 5.78 Å². The lowest BCUT2D eigenvalue weighted by Crippen LogP contribution is -2.15. The summed E-state index contributed by atoms with van der Waals surface area (Å²) in [5.41, 5.74) is 4.91. The van der Waals surface area contributed by atoms with Crippen molar-refractivity contribution in [3.05, 3.63) is 40.1 Å². The van der Waals surface area contributed by atoms with Crippen LogP contribution in [0.25, 0.3) is 5.57 Å². The van der Waals surface area contributed by atoms with Crippen molar-refractivity contribution in [2.75, 3.05) is 13.2 Å². The molecule has 4 heteroatoms. The maximum absolute atomic E-state index is 13.4. The molecule has 1 saturated carbocycles. The van der Waals surface area contributed by atoms with Gasteiger partial charge in [-0.1, -0.05) is 17.7 Å². The molecule has 1 aromatic rings. The molecule has 0 amide bonds. The molecule has 0 N–H and O–H groups in total. The minimum atomic E-state index is -0.164. The number of hydrogen-bond donors (Lipinski definition) is 0. The zero-order chi connectivity index (χ0) is 19.1. The van der Waals surface area contributed by atoms with E-state index >= 15 is 0 Å². The fraction of sp³-hybridized carbons (Fsp3) is 0.565. The highest BCUT2D eigenvalue weighted by molar-refractivity contribution is 6.25. The van der Waals surface area contributed by atoms with Crippen LogP contribution in [-0.2, 0) is 19.1 Å². The molecule has 2 unspecified atom stereocenters. The zero-order valence-electron chi connectivity index (χ0n) is 16.5. The average molecular weight is 368 g/mol. The molecule has 0 aromatic heterocycles. The first-order valence-corrected chi connectivity index (χ1v) is 10.1. The molecule has 0 bridgehead atoms. The maximum atomic E-state index is 13.4. The molecule has 27 heavy (non-hydrogen) atoms. The number of allylic oxidation sites excluding steroid dienone is 2. The summed E-state index contributed by atoms with van der Waals surface area (Å²) in [6.45, 7) is 7.65. The Morgan fingerprint density at radius 3 is 2.44 bits per heavy atom. The van der Waals surface area contributed by atoms with Gasteiger partial charge in [-0.15, -0.1) is 0 Å². The summed E-state index contributed by atoms with van der Waals surface area (Å²) in [5, 5.41) is 0. The minimum absolute atomic E-state index is 0.0244. The van der Waals surface area contributed by atoms with Crippen LogP contribution in [0.5, 0.6) is 0 Å².